The lowest BCUT2D eigenvalue weighted by Crippen LogP contribution is -2.50. The van der Waals surface area contributed by atoms with Gasteiger partial charge in [-0.05, 0) is 39.0 Å². The number of nitrogens with two attached hydrogens (primary N) is 1. The van der Waals surface area contributed by atoms with E-state index in [0.29, 0.717) is 12.5 Å². The first kappa shape index (κ1) is 14.5. The van der Waals surface area contributed by atoms with Gasteiger partial charge in [0.1, 0.15) is 0 Å². The van der Waals surface area contributed by atoms with Crippen molar-refractivity contribution in [2.24, 2.45) is 17.6 Å². The molecule has 0 bridgehead atoms. The highest BCUT2D eigenvalue weighted by Gasteiger charge is 2.31. The van der Waals surface area contributed by atoms with Crippen molar-refractivity contribution in [3.05, 3.63) is 0 Å². The molecule has 1 aliphatic rings. The zero-order valence-electron chi connectivity index (χ0n) is 11.5. The predicted octanol–water partition coefficient (Wildman–Crippen LogP) is 1.29. The minimum Gasteiger partial charge on any atom is -0.382 e. The number of carbonyl (C=O) groups is 1. The summed E-state index contributed by atoms with van der Waals surface area (Å²) in [5, 5.41) is 3.05. The molecule has 3 unspecified atom stereocenters. The van der Waals surface area contributed by atoms with Crippen molar-refractivity contribution in [1.29, 1.82) is 0 Å². The summed E-state index contributed by atoms with van der Waals surface area (Å²) in [6.45, 7) is 6.63. The van der Waals surface area contributed by atoms with Crippen molar-refractivity contribution in [2.75, 3.05) is 13.7 Å². The molecule has 0 aromatic heterocycles. The number of methoxy groups -OCH3 is 1. The van der Waals surface area contributed by atoms with Gasteiger partial charge in [0.05, 0.1) is 12.1 Å². The molecule has 0 aromatic carbocycles. The van der Waals surface area contributed by atoms with Crippen molar-refractivity contribution < 1.29 is 9.53 Å². The van der Waals surface area contributed by atoms with Gasteiger partial charge in [-0.15, -0.1) is 0 Å². The van der Waals surface area contributed by atoms with Gasteiger partial charge in [0.15, 0.2) is 0 Å². The Bertz CT molecular complexity index is 256. The molecule has 100 valence electrons. The summed E-state index contributed by atoms with van der Waals surface area (Å²) < 4.78 is 5.10. The molecule has 4 nitrogen and oxygen atoms in total. The van der Waals surface area contributed by atoms with Crippen LogP contribution < -0.4 is 11.1 Å². The van der Waals surface area contributed by atoms with Crippen LogP contribution >= 0.6 is 0 Å². The van der Waals surface area contributed by atoms with Gasteiger partial charge in [-0.25, -0.2) is 0 Å². The van der Waals surface area contributed by atoms with E-state index in [0.717, 1.165) is 19.3 Å². The van der Waals surface area contributed by atoms with Crippen molar-refractivity contribution in [3.63, 3.8) is 0 Å². The Morgan fingerprint density at radius 1 is 1.41 bits per heavy atom. The van der Waals surface area contributed by atoms with E-state index in [9.17, 15) is 4.79 Å². The average molecular weight is 242 g/mol. The second-order valence-corrected chi connectivity index (χ2v) is 6.08. The smallest absolute Gasteiger partial charge is 0.223 e. The molecular weight excluding hydrogens is 216 g/mol. The number of carbonyl (C=O) groups excluding carboxylic acids is 1. The number of hydrogen-bond acceptors (Lipinski definition) is 3. The Kier molecular flexibility index (Phi) is 4.95. The summed E-state index contributed by atoms with van der Waals surface area (Å²) in [4.78, 5) is 12.2. The van der Waals surface area contributed by atoms with Crippen LogP contribution in [0.5, 0.6) is 0 Å². The van der Waals surface area contributed by atoms with E-state index in [2.05, 4.69) is 12.2 Å². The number of nitrogens with one attached hydrogen (secondary N) is 1. The number of hydrogen-bond donors (Lipinski definition) is 2. The molecule has 1 aliphatic carbocycles. The fraction of sp³-hybridized carbons (Fsp3) is 0.923. The van der Waals surface area contributed by atoms with Crippen molar-refractivity contribution >= 4 is 5.91 Å². The summed E-state index contributed by atoms with van der Waals surface area (Å²) in [6.07, 6.45) is 2.78. The third-order valence-corrected chi connectivity index (χ3v) is 3.32. The molecule has 4 heteroatoms. The van der Waals surface area contributed by atoms with Crippen molar-refractivity contribution in [3.8, 4) is 0 Å². The van der Waals surface area contributed by atoms with Gasteiger partial charge in [-0.1, -0.05) is 6.92 Å². The van der Waals surface area contributed by atoms with E-state index in [1.165, 1.54) is 0 Å². The van der Waals surface area contributed by atoms with Gasteiger partial charge in [0, 0.05) is 19.1 Å². The second kappa shape index (κ2) is 5.83. The van der Waals surface area contributed by atoms with Crippen LogP contribution in [0.25, 0.3) is 0 Å². The average Bonchev–Trinajstić information content (AvgIpc) is 2.14. The molecule has 1 amide bonds. The molecule has 1 rings (SSSR count). The van der Waals surface area contributed by atoms with E-state index in [1.807, 2.05) is 13.8 Å². The first-order valence-electron chi connectivity index (χ1n) is 6.40. The Morgan fingerprint density at radius 3 is 2.59 bits per heavy atom. The highest BCUT2D eigenvalue weighted by Crippen LogP contribution is 2.28. The first-order valence-corrected chi connectivity index (χ1v) is 6.40. The monoisotopic (exact) mass is 242 g/mol. The zero-order chi connectivity index (χ0) is 13.1. The van der Waals surface area contributed by atoms with Gasteiger partial charge in [0.2, 0.25) is 5.91 Å². The van der Waals surface area contributed by atoms with Gasteiger partial charge in [-0.2, -0.15) is 0 Å². The first-order chi connectivity index (χ1) is 7.84. The Labute approximate surface area is 104 Å². The van der Waals surface area contributed by atoms with Crippen LogP contribution in [-0.2, 0) is 9.53 Å². The van der Waals surface area contributed by atoms with Gasteiger partial charge < -0.3 is 15.8 Å². The normalized spacial score (nSPS) is 30.1. The maximum Gasteiger partial charge on any atom is 0.223 e. The number of rotatable bonds is 4. The van der Waals surface area contributed by atoms with Crippen molar-refractivity contribution in [1.82, 2.24) is 5.32 Å². The third kappa shape index (κ3) is 4.64. The second-order valence-electron chi connectivity index (χ2n) is 6.08. The third-order valence-electron chi connectivity index (χ3n) is 3.32. The quantitative estimate of drug-likeness (QED) is 0.781. The predicted molar refractivity (Wildman–Crippen MR) is 68.6 cm³/mol. The molecule has 0 saturated heterocycles. The maximum absolute atomic E-state index is 12.2. The molecule has 0 spiro atoms. The van der Waals surface area contributed by atoms with Crippen LogP contribution in [0.2, 0.25) is 0 Å². The lowest BCUT2D eigenvalue weighted by molar-refractivity contribution is -0.128. The minimum absolute atomic E-state index is 0.0601. The summed E-state index contributed by atoms with van der Waals surface area (Å²) in [7, 11) is 1.65. The van der Waals surface area contributed by atoms with Crippen LogP contribution in [0.4, 0.5) is 0 Å². The van der Waals surface area contributed by atoms with E-state index in [1.54, 1.807) is 7.11 Å². The summed E-state index contributed by atoms with van der Waals surface area (Å²) in [5.74, 6) is 0.721. The highest BCUT2D eigenvalue weighted by molar-refractivity contribution is 5.79. The molecular formula is C13H26N2O2. The van der Waals surface area contributed by atoms with Crippen LogP contribution in [0, 0.1) is 11.8 Å². The lowest BCUT2D eigenvalue weighted by atomic mass is 9.79. The standard InChI is InChI=1S/C13H26N2O2/c1-9-5-10(7-11(14)6-9)12(16)15-13(2,3)8-17-4/h9-11H,5-8,14H2,1-4H3,(H,15,16). The summed E-state index contributed by atoms with van der Waals surface area (Å²) >= 11 is 0. The lowest BCUT2D eigenvalue weighted by Gasteiger charge is -2.33. The molecule has 0 heterocycles. The van der Waals surface area contributed by atoms with Crippen molar-refractivity contribution in [2.45, 2.75) is 51.6 Å². The molecule has 1 fully saturated rings. The zero-order valence-corrected chi connectivity index (χ0v) is 11.5. The fourth-order valence-corrected chi connectivity index (χ4v) is 2.70. The Balaban J connectivity index is 2.52. The Morgan fingerprint density at radius 2 is 2.06 bits per heavy atom. The summed E-state index contributed by atoms with van der Waals surface area (Å²) in [5.41, 5.74) is 5.66. The van der Waals surface area contributed by atoms with Crippen LogP contribution in [0.1, 0.15) is 40.0 Å². The largest absolute Gasteiger partial charge is 0.382 e. The minimum atomic E-state index is -0.309. The number of amides is 1. The Hall–Kier alpha value is -0.610. The van der Waals surface area contributed by atoms with E-state index in [-0.39, 0.29) is 23.4 Å². The maximum atomic E-state index is 12.2. The molecule has 3 atom stereocenters. The number of ether oxygens (including phenoxy) is 1. The van der Waals surface area contributed by atoms with Crippen LogP contribution in [0.15, 0.2) is 0 Å². The highest BCUT2D eigenvalue weighted by atomic mass is 16.5. The molecule has 1 saturated carbocycles. The van der Waals surface area contributed by atoms with E-state index in [4.69, 9.17) is 10.5 Å². The summed E-state index contributed by atoms with van der Waals surface area (Å²) in [6, 6.07) is 0.167. The van der Waals surface area contributed by atoms with E-state index >= 15 is 0 Å². The molecule has 0 radical (unpaired) electrons. The van der Waals surface area contributed by atoms with Gasteiger partial charge in [0.25, 0.3) is 0 Å². The molecule has 0 aromatic rings. The molecule has 17 heavy (non-hydrogen) atoms. The SMILES string of the molecule is COCC(C)(C)NC(=O)C1CC(C)CC(N)C1. The van der Waals surface area contributed by atoms with Crippen LogP contribution in [0.3, 0.4) is 0 Å². The molecule has 0 aliphatic heterocycles. The fourth-order valence-electron chi connectivity index (χ4n) is 2.70. The van der Waals surface area contributed by atoms with Gasteiger partial charge in [-0.3, -0.25) is 4.79 Å². The molecule has 3 N–H and O–H groups in total. The van der Waals surface area contributed by atoms with E-state index < -0.39 is 0 Å². The van der Waals surface area contributed by atoms with Crippen LogP contribution in [-0.4, -0.2) is 31.2 Å². The van der Waals surface area contributed by atoms with Gasteiger partial charge >= 0.3 is 0 Å². The topological polar surface area (TPSA) is 64.3 Å².